The first-order valence-electron chi connectivity index (χ1n) is 19.5. The molecule has 0 radical (unpaired) electrons. The summed E-state index contributed by atoms with van der Waals surface area (Å²) in [5.41, 5.74) is 0. The number of rotatable bonds is 32. The summed E-state index contributed by atoms with van der Waals surface area (Å²) in [5.74, 6) is 1.26. The number of oxime groups is 1. The molecule has 49 heavy (non-hydrogen) atoms. The van der Waals surface area contributed by atoms with Gasteiger partial charge in [0.15, 0.2) is 0 Å². The summed E-state index contributed by atoms with van der Waals surface area (Å²) < 4.78 is 9.27. The van der Waals surface area contributed by atoms with Gasteiger partial charge in [-0.05, 0) is 109 Å². The summed E-state index contributed by atoms with van der Waals surface area (Å²) in [6.07, 6.45) is 44.9. The van der Waals surface area contributed by atoms with Crippen molar-refractivity contribution in [1.29, 1.82) is 0 Å². The van der Waals surface area contributed by atoms with E-state index in [9.17, 15) is 9.59 Å². The molecule has 0 aliphatic heterocycles. The number of ether oxygens (including phenoxy) is 2. The normalized spacial score (nSPS) is 16.7. The highest BCUT2D eigenvalue weighted by Gasteiger charge is 2.28. The summed E-state index contributed by atoms with van der Waals surface area (Å²) in [5, 5.41) is 4.47. The summed E-state index contributed by atoms with van der Waals surface area (Å²) in [6.45, 7) is 1.21. The largest absolute Gasteiger partial charge is 0.469 e. The van der Waals surface area contributed by atoms with Crippen molar-refractivity contribution in [2.75, 3.05) is 34.9 Å². The van der Waals surface area contributed by atoms with E-state index < -0.39 is 0 Å². The number of nitrogens with zero attached hydrogens (tertiary/aromatic N) is 2. The third-order valence-electron chi connectivity index (χ3n) is 9.21. The lowest BCUT2D eigenvalue weighted by molar-refractivity contribution is -0.140. The molecule has 1 aliphatic rings. The van der Waals surface area contributed by atoms with Gasteiger partial charge in [0.25, 0.3) is 0 Å². The Kier molecular flexibility index (Phi) is 29.4. The molecule has 280 valence electrons. The number of hydrogen-bond donors (Lipinski definition) is 0. The fraction of sp³-hybridized carbons (Fsp3) is 0.738. The highest BCUT2D eigenvalue weighted by molar-refractivity contribution is 5.71. The van der Waals surface area contributed by atoms with E-state index in [1.165, 1.54) is 111 Å². The van der Waals surface area contributed by atoms with Crippen LogP contribution in [0.5, 0.6) is 0 Å². The van der Waals surface area contributed by atoms with Crippen LogP contribution in [-0.4, -0.2) is 64.0 Å². The average Bonchev–Trinajstić information content (AvgIpc) is 3.07. The lowest BCUT2D eigenvalue weighted by Crippen LogP contribution is -2.32. The van der Waals surface area contributed by atoms with Crippen molar-refractivity contribution in [3.8, 4) is 0 Å². The van der Waals surface area contributed by atoms with Crippen LogP contribution in [0.4, 0.5) is 0 Å². The minimum atomic E-state index is -0.190. The minimum Gasteiger partial charge on any atom is -0.469 e. The molecule has 0 heterocycles. The number of carbonyl (C=O) groups excluding carboxylic acids is 2. The maximum absolute atomic E-state index is 11.1. The monoisotopic (exact) mass is 685 g/mol. The van der Waals surface area contributed by atoms with E-state index in [1.807, 2.05) is 30.5 Å². The van der Waals surface area contributed by atoms with Gasteiger partial charge in [-0.3, -0.25) is 9.59 Å². The highest BCUT2D eigenvalue weighted by atomic mass is 16.6. The van der Waals surface area contributed by atoms with E-state index >= 15 is 0 Å². The molecule has 0 aromatic rings. The first-order chi connectivity index (χ1) is 23.9. The Balaban J connectivity index is 2.19. The Morgan fingerprint density at radius 3 is 1.55 bits per heavy atom. The quantitative estimate of drug-likeness (QED) is 0.0231. The van der Waals surface area contributed by atoms with Crippen LogP contribution in [0.15, 0.2) is 53.8 Å². The second-order valence-corrected chi connectivity index (χ2v) is 14.0. The lowest BCUT2D eigenvalue weighted by atomic mass is 9.73. The molecule has 0 bridgehead atoms. The first-order valence-corrected chi connectivity index (χ1v) is 19.5. The van der Waals surface area contributed by atoms with E-state index in [4.69, 9.17) is 4.84 Å². The van der Waals surface area contributed by atoms with Gasteiger partial charge in [-0.25, -0.2) is 0 Å². The Labute approximate surface area is 300 Å². The van der Waals surface area contributed by atoms with E-state index in [1.54, 1.807) is 0 Å². The smallest absolute Gasteiger partial charge is 0.309 e. The van der Waals surface area contributed by atoms with Crippen molar-refractivity contribution in [3.63, 3.8) is 0 Å². The van der Waals surface area contributed by atoms with Gasteiger partial charge in [-0.2, -0.15) is 0 Å². The van der Waals surface area contributed by atoms with Crippen molar-refractivity contribution in [2.45, 2.75) is 154 Å². The van der Waals surface area contributed by atoms with E-state index in [-0.39, 0.29) is 18.0 Å². The van der Waals surface area contributed by atoms with Crippen LogP contribution in [-0.2, 0) is 23.9 Å². The Bertz CT molecular complexity index is 893. The molecule has 1 aliphatic carbocycles. The summed E-state index contributed by atoms with van der Waals surface area (Å²) in [6, 6.07) is 0. The van der Waals surface area contributed by atoms with Gasteiger partial charge >= 0.3 is 11.9 Å². The van der Waals surface area contributed by atoms with Crippen LogP contribution in [0.3, 0.4) is 0 Å². The topological polar surface area (TPSA) is 77.4 Å². The molecular weight excluding hydrogens is 612 g/mol. The molecule has 0 aromatic carbocycles. The van der Waals surface area contributed by atoms with Gasteiger partial charge in [0.1, 0.15) is 6.10 Å². The molecule has 0 unspecified atom stereocenters. The number of esters is 2. The molecule has 1 rings (SSSR count). The molecule has 7 heteroatoms. The van der Waals surface area contributed by atoms with Crippen molar-refractivity contribution in [2.24, 2.45) is 17.0 Å². The van der Waals surface area contributed by atoms with E-state index in [0.29, 0.717) is 12.8 Å². The van der Waals surface area contributed by atoms with Crippen molar-refractivity contribution in [1.82, 2.24) is 4.90 Å². The zero-order chi connectivity index (χ0) is 35.6. The summed E-state index contributed by atoms with van der Waals surface area (Å²) in [7, 11) is 7.17. The fourth-order valence-electron chi connectivity index (χ4n) is 6.29. The molecular formula is C42H72N2O5. The van der Waals surface area contributed by atoms with Crippen molar-refractivity contribution in [3.05, 3.63) is 48.6 Å². The van der Waals surface area contributed by atoms with Crippen LogP contribution in [0, 0.1) is 11.8 Å². The maximum Gasteiger partial charge on any atom is 0.309 e. The third kappa shape index (κ3) is 28.8. The van der Waals surface area contributed by atoms with Gasteiger partial charge in [0.2, 0.25) is 0 Å². The molecule has 0 saturated heterocycles. The number of allylic oxidation sites excluding steroid dienone is 6. The van der Waals surface area contributed by atoms with Crippen LogP contribution in [0.1, 0.15) is 148 Å². The predicted molar refractivity (Wildman–Crippen MR) is 206 cm³/mol. The molecule has 0 atom stereocenters. The van der Waals surface area contributed by atoms with Gasteiger partial charge in [-0.15, -0.1) is 0 Å². The van der Waals surface area contributed by atoms with Crippen LogP contribution in [0.25, 0.3) is 0 Å². The maximum atomic E-state index is 11.1. The molecule has 1 fully saturated rings. The lowest BCUT2D eigenvalue weighted by Gasteiger charge is -2.36. The standard InChI is InChI=1S/C42H72N2O5/c1-44(2)37-39-35-38(36-39)33-34-43-49-40(29-25-21-17-13-9-5-7-11-15-19-23-27-31-41(45)47-3)30-26-22-18-14-10-6-8-12-16-20-24-28-32-42(46)48-4/h11-12,15-16,23-24,27-28,34,38-40H,5-10,13-14,17-22,25-26,29-33,35-37H2,1-4H3/b15-11-,16-12-,27-23-,28-24-,43-34+. The van der Waals surface area contributed by atoms with Gasteiger partial charge < -0.3 is 19.2 Å². The number of unbranched alkanes of at least 4 members (excludes halogenated alkanes) is 12. The SMILES string of the molecule is COC(=O)C/C=C\C/C=C\CCCCCCCCC(CCCCCCCC/C=C\C/C=C\CC(=O)OC)O/N=C/CC1CC(CN(C)C)C1. The molecule has 0 amide bonds. The number of methoxy groups -OCH3 is 2. The molecule has 0 spiro atoms. The molecule has 0 aromatic heterocycles. The van der Waals surface area contributed by atoms with Crippen LogP contribution >= 0.6 is 0 Å². The van der Waals surface area contributed by atoms with E-state index in [0.717, 1.165) is 56.8 Å². The first kappa shape index (κ1) is 44.4. The van der Waals surface area contributed by atoms with Gasteiger partial charge in [0.05, 0.1) is 27.1 Å². The number of carbonyl (C=O) groups is 2. The average molecular weight is 685 g/mol. The molecule has 1 saturated carbocycles. The fourth-order valence-corrected chi connectivity index (χ4v) is 6.29. The summed E-state index contributed by atoms with van der Waals surface area (Å²) in [4.78, 5) is 30.6. The van der Waals surface area contributed by atoms with Crippen molar-refractivity contribution >= 4 is 18.2 Å². The second-order valence-electron chi connectivity index (χ2n) is 14.0. The third-order valence-corrected chi connectivity index (χ3v) is 9.21. The molecule has 0 N–H and O–H groups in total. The zero-order valence-electron chi connectivity index (χ0n) is 31.8. The van der Waals surface area contributed by atoms with Gasteiger partial charge in [0, 0.05) is 12.8 Å². The minimum absolute atomic E-state index is 0.190. The van der Waals surface area contributed by atoms with Gasteiger partial charge in [-0.1, -0.05) is 105 Å². The van der Waals surface area contributed by atoms with Crippen LogP contribution in [0.2, 0.25) is 0 Å². The Morgan fingerprint density at radius 1 is 0.633 bits per heavy atom. The second kappa shape index (κ2) is 32.5. The summed E-state index contributed by atoms with van der Waals surface area (Å²) >= 11 is 0. The Hall–Kier alpha value is -2.67. The van der Waals surface area contributed by atoms with E-state index in [2.05, 4.69) is 57.9 Å². The number of hydrogen-bond acceptors (Lipinski definition) is 7. The Morgan fingerprint density at radius 2 is 1.08 bits per heavy atom. The van der Waals surface area contributed by atoms with Crippen LogP contribution < -0.4 is 0 Å². The highest BCUT2D eigenvalue weighted by Crippen LogP contribution is 2.35. The van der Waals surface area contributed by atoms with Crippen molar-refractivity contribution < 1.29 is 23.9 Å². The predicted octanol–water partition coefficient (Wildman–Crippen LogP) is 10.7. The molecule has 7 nitrogen and oxygen atoms in total. The zero-order valence-corrected chi connectivity index (χ0v) is 31.8.